The molecule has 1 heterocycles. The molecule has 0 amide bonds. The van der Waals surface area contributed by atoms with Crippen LogP contribution in [0.3, 0.4) is 0 Å². The van der Waals surface area contributed by atoms with Gasteiger partial charge < -0.3 is 9.84 Å². The number of fused-ring (bicyclic) bond motifs is 1. The van der Waals surface area contributed by atoms with Crippen LogP contribution in [0.1, 0.15) is 53.9 Å². The first kappa shape index (κ1) is 22.9. The topological polar surface area (TPSA) is 32.7 Å². The smallest absolute Gasteiger partial charge is 0.119 e. The largest absolute Gasteiger partial charge is 0.508 e. The number of alkyl halides is 1. The van der Waals surface area contributed by atoms with Gasteiger partial charge in [-0.25, -0.2) is 0 Å². The molecule has 2 aliphatic rings. The molecule has 34 heavy (non-hydrogen) atoms. The number of aromatic hydroxyl groups is 1. The van der Waals surface area contributed by atoms with Gasteiger partial charge in [-0.3, -0.25) is 9.29 Å². The van der Waals surface area contributed by atoms with Crippen LogP contribution in [0, 0.1) is 5.92 Å². The number of ether oxygens (including phenoxy) is 1. The van der Waals surface area contributed by atoms with Crippen molar-refractivity contribution in [1.29, 1.82) is 0 Å². The Morgan fingerprint density at radius 3 is 2.53 bits per heavy atom. The standard InChI is InChI=1S/C30H34FNO2/c1-21(32-16-15-22(18-31)19-32)20-34-27-11-7-24(8-12-27)30-28(23-5-3-2-4-6-23)13-9-25-17-26(33)10-14-29(25)30/h2-8,10-12,14,17,21-22,28,30,33H,9,13,15-16,18-20H2,1H3/t21-,22-,28+,30-/m0/s1. The van der Waals surface area contributed by atoms with E-state index in [0.29, 0.717) is 18.3 Å². The summed E-state index contributed by atoms with van der Waals surface area (Å²) in [6, 6.07) is 25.4. The molecule has 1 fully saturated rings. The number of nitrogens with zero attached hydrogens (tertiary/aromatic N) is 1. The van der Waals surface area contributed by atoms with Crippen molar-refractivity contribution >= 4 is 0 Å². The molecular formula is C30H34FNO2. The molecule has 3 nitrogen and oxygen atoms in total. The van der Waals surface area contributed by atoms with E-state index in [1.165, 1.54) is 22.3 Å². The Kier molecular flexibility index (Phi) is 6.87. The lowest BCUT2D eigenvalue weighted by molar-refractivity contribution is 0.165. The van der Waals surface area contributed by atoms with Gasteiger partial charge in [0.2, 0.25) is 0 Å². The number of phenolic OH excluding ortho intramolecular Hbond substituents is 1. The highest BCUT2D eigenvalue weighted by Gasteiger charge is 2.32. The van der Waals surface area contributed by atoms with Gasteiger partial charge in [-0.2, -0.15) is 0 Å². The second-order valence-electron chi connectivity index (χ2n) is 9.95. The van der Waals surface area contributed by atoms with Crippen LogP contribution in [0.15, 0.2) is 72.8 Å². The molecule has 0 bridgehead atoms. The molecule has 0 radical (unpaired) electrons. The van der Waals surface area contributed by atoms with Gasteiger partial charge in [-0.15, -0.1) is 0 Å². The number of hydrogen-bond acceptors (Lipinski definition) is 3. The Labute approximate surface area is 202 Å². The fourth-order valence-corrected chi connectivity index (χ4v) is 5.76. The summed E-state index contributed by atoms with van der Waals surface area (Å²) in [5.74, 6) is 2.02. The zero-order valence-corrected chi connectivity index (χ0v) is 19.9. The van der Waals surface area contributed by atoms with Gasteiger partial charge in [0.15, 0.2) is 0 Å². The number of phenols is 1. The van der Waals surface area contributed by atoms with E-state index in [2.05, 4.69) is 72.5 Å². The lowest BCUT2D eigenvalue weighted by Gasteiger charge is -2.35. The summed E-state index contributed by atoms with van der Waals surface area (Å²) in [6.45, 7) is 4.33. The molecule has 0 aromatic heterocycles. The van der Waals surface area contributed by atoms with Crippen LogP contribution in [-0.2, 0) is 6.42 Å². The van der Waals surface area contributed by atoms with E-state index < -0.39 is 0 Å². The molecule has 4 heteroatoms. The third-order valence-corrected chi connectivity index (χ3v) is 7.71. The van der Waals surface area contributed by atoms with Gasteiger partial charge in [0.25, 0.3) is 0 Å². The van der Waals surface area contributed by atoms with Gasteiger partial charge in [0.05, 0.1) is 6.67 Å². The van der Waals surface area contributed by atoms with E-state index in [0.717, 1.165) is 38.1 Å². The Bertz CT molecular complexity index is 1080. The van der Waals surface area contributed by atoms with E-state index in [-0.39, 0.29) is 24.6 Å². The fraction of sp³-hybridized carbons (Fsp3) is 0.400. The number of halogens is 1. The van der Waals surface area contributed by atoms with Crippen molar-refractivity contribution < 1.29 is 14.2 Å². The Balaban J connectivity index is 1.34. The molecule has 3 aromatic rings. The van der Waals surface area contributed by atoms with Crippen molar-refractivity contribution in [2.75, 3.05) is 26.4 Å². The van der Waals surface area contributed by atoms with Crippen molar-refractivity contribution in [1.82, 2.24) is 4.90 Å². The Morgan fingerprint density at radius 2 is 1.79 bits per heavy atom. The summed E-state index contributed by atoms with van der Waals surface area (Å²) in [5, 5.41) is 10.0. The summed E-state index contributed by atoms with van der Waals surface area (Å²) < 4.78 is 19.1. The third kappa shape index (κ3) is 4.83. The second kappa shape index (κ2) is 10.2. The van der Waals surface area contributed by atoms with Crippen LogP contribution in [0.2, 0.25) is 0 Å². The zero-order chi connectivity index (χ0) is 23.5. The number of hydrogen-bond donors (Lipinski definition) is 1. The maximum Gasteiger partial charge on any atom is 0.119 e. The summed E-state index contributed by atoms with van der Waals surface area (Å²) in [5.41, 5.74) is 5.17. The van der Waals surface area contributed by atoms with E-state index in [9.17, 15) is 9.50 Å². The number of benzene rings is 3. The molecule has 1 N–H and O–H groups in total. The van der Waals surface area contributed by atoms with E-state index in [1.807, 2.05) is 12.1 Å². The monoisotopic (exact) mass is 459 g/mol. The lowest BCUT2D eigenvalue weighted by atomic mass is 9.69. The van der Waals surface area contributed by atoms with Gasteiger partial charge >= 0.3 is 0 Å². The molecule has 0 spiro atoms. The normalized spacial score (nSPS) is 23.4. The summed E-state index contributed by atoms with van der Waals surface area (Å²) in [6.07, 6.45) is 2.97. The van der Waals surface area contributed by atoms with Crippen LogP contribution in [0.5, 0.6) is 11.5 Å². The lowest BCUT2D eigenvalue weighted by Crippen LogP contribution is -2.35. The quantitative estimate of drug-likeness (QED) is 0.449. The maximum atomic E-state index is 13.0. The minimum atomic E-state index is -0.223. The summed E-state index contributed by atoms with van der Waals surface area (Å²) in [4.78, 5) is 2.33. The molecule has 178 valence electrons. The average molecular weight is 460 g/mol. The summed E-state index contributed by atoms with van der Waals surface area (Å²) >= 11 is 0. The third-order valence-electron chi connectivity index (χ3n) is 7.71. The highest BCUT2D eigenvalue weighted by atomic mass is 19.1. The number of aryl methyl sites for hydroxylation is 1. The number of likely N-dealkylation sites (tertiary alicyclic amines) is 1. The second-order valence-corrected chi connectivity index (χ2v) is 9.95. The van der Waals surface area contributed by atoms with Crippen LogP contribution >= 0.6 is 0 Å². The first-order valence-electron chi connectivity index (χ1n) is 12.5. The van der Waals surface area contributed by atoms with Crippen LogP contribution in [-0.4, -0.2) is 42.4 Å². The molecule has 4 atom stereocenters. The van der Waals surface area contributed by atoms with Crippen molar-refractivity contribution in [2.45, 2.75) is 44.1 Å². The molecule has 1 aliphatic carbocycles. The first-order chi connectivity index (χ1) is 16.6. The average Bonchev–Trinajstić information content (AvgIpc) is 3.37. The molecule has 0 unspecified atom stereocenters. The number of rotatable bonds is 7. The van der Waals surface area contributed by atoms with E-state index >= 15 is 0 Å². The predicted molar refractivity (Wildman–Crippen MR) is 135 cm³/mol. The van der Waals surface area contributed by atoms with Gasteiger partial charge in [-0.05, 0) is 85.2 Å². The van der Waals surface area contributed by atoms with Crippen LogP contribution in [0.25, 0.3) is 0 Å². The van der Waals surface area contributed by atoms with Crippen molar-refractivity contribution in [3.8, 4) is 11.5 Å². The molecular weight excluding hydrogens is 425 g/mol. The van der Waals surface area contributed by atoms with Gasteiger partial charge in [-0.1, -0.05) is 48.5 Å². The van der Waals surface area contributed by atoms with Gasteiger partial charge in [0, 0.05) is 24.4 Å². The minimum absolute atomic E-state index is 0.180. The summed E-state index contributed by atoms with van der Waals surface area (Å²) in [7, 11) is 0. The minimum Gasteiger partial charge on any atom is -0.508 e. The molecule has 5 rings (SSSR count). The molecule has 1 saturated heterocycles. The fourth-order valence-electron chi connectivity index (χ4n) is 5.76. The molecule has 1 aliphatic heterocycles. The highest BCUT2D eigenvalue weighted by Crippen LogP contribution is 2.47. The SMILES string of the molecule is C[C@@H](COc1ccc([C@@H]2c3ccc(O)cc3CC[C@@H]2c2ccccc2)cc1)N1CC[C@@H](CF)C1. The van der Waals surface area contributed by atoms with Crippen LogP contribution in [0.4, 0.5) is 4.39 Å². The Morgan fingerprint density at radius 1 is 1.00 bits per heavy atom. The first-order valence-corrected chi connectivity index (χ1v) is 12.5. The van der Waals surface area contributed by atoms with E-state index in [1.54, 1.807) is 0 Å². The van der Waals surface area contributed by atoms with Crippen molar-refractivity contribution in [3.05, 3.63) is 95.1 Å². The maximum absolute atomic E-state index is 13.0. The predicted octanol–water partition coefficient (Wildman–Crippen LogP) is 6.31. The molecule has 3 aromatic carbocycles. The van der Waals surface area contributed by atoms with E-state index in [4.69, 9.17) is 4.74 Å². The Hall–Kier alpha value is -2.85. The van der Waals surface area contributed by atoms with Crippen LogP contribution < -0.4 is 4.74 Å². The highest BCUT2D eigenvalue weighted by molar-refractivity contribution is 5.48. The molecule has 0 saturated carbocycles. The zero-order valence-electron chi connectivity index (χ0n) is 19.9. The van der Waals surface area contributed by atoms with Crippen molar-refractivity contribution in [3.63, 3.8) is 0 Å². The van der Waals surface area contributed by atoms with Crippen molar-refractivity contribution in [2.24, 2.45) is 5.92 Å². The van der Waals surface area contributed by atoms with Gasteiger partial charge in [0.1, 0.15) is 18.1 Å².